The second-order valence-electron chi connectivity index (χ2n) is 5.20. The molecule has 0 bridgehead atoms. The molecule has 3 rings (SSSR count). The Balaban J connectivity index is 2.05. The molecule has 1 aromatic carbocycles. The van der Waals surface area contributed by atoms with E-state index in [9.17, 15) is 0 Å². The van der Waals surface area contributed by atoms with Crippen LogP contribution in [0.2, 0.25) is 0 Å². The first-order valence-corrected chi connectivity index (χ1v) is 6.51. The largest absolute Gasteiger partial charge is 0.348 e. The first-order chi connectivity index (χ1) is 8.27. The minimum atomic E-state index is 0.819. The molecule has 1 aromatic heterocycles. The number of rotatable bonds is 2. The van der Waals surface area contributed by atoms with Crippen molar-refractivity contribution in [3.63, 3.8) is 0 Å². The fourth-order valence-electron chi connectivity index (χ4n) is 3.03. The van der Waals surface area contributed by atoms with Gasteiger partial charge < -0.3 is 9.88 Å². The maximum Gasteiger partial charge on any atom is 0.0482 e. The highest BCUT2D eigenvalue weighted by atomic mass is 14.9. The molecule has 2 nitrogen and oxygen atoms in total. The molecule has 0 aliphatic carbocycles. The number of hydrogen-bond donors (Lipinski definition) is 1. The highest BCUT2D eigenvalue weighted by molar-refractivity contribution is 5.85. The van der Waals surface area contributed by atoms with Gasteiger partial charge in [0, 0.05) is 23.6 Å². The van der Waals surface area contributed by atoms with Crippen LogP contribution in [0.3, 0.4) is 0 Å². The molecule has 1 unspecified atom stereocenters. The highest BCUT2D eigenvalue weighted by Gasteiger charge is 2.19. The summed E-state index contributed by atoms with van der Waals surface area (Å²) in [6.07, 6.45) is 2.54. The van der Waals surface area contributed by atoms with Crippen LogP contribution in [0.1, 0.15) is 17.7 Å². The first kappa shape index (κ1) is 10.8. The van der Waals surface area contributed by atoms with E-state index in [-0.39, 0.29) is 0 Å². The maximum atomic E-state index is 3.46. The summed E-state index contributed by atoms with van der Waals surface area (Å²) in [7, 11) is 2.17. The summed E-state index contributed by atoms with van der Waals surface area (Å²) in [4.78, 5) is 0. The zero-order chi connectivity index (χ0) is 11.8. The molecule has 0 radical (unpaired) electrons. The van der Waals surface area contributed by atoms with Crippen molar-refractivity contribution in [3.05, 3.63) is 35.5 Å². The molecule has 90 valence electrons. The van der Waals surface area contributed by atoms with Crippen molar-refractivity contribution in [1.82, 2.24) is 9.88 Å². The Bertz CT molecular complexity index is 533. The Morgan fingerprint density at radius 1 is 1.35 bits per heavy atom. The molecular formula is C15H20N2. The smallest absolute Gasteiger partial charge is 0.0482 e. The summed E-state index contributed by atoms with van der Waals surface area (Å²) in [5.74, 6) is 0.819. The lowest BCUT2D eigenvalue weighted by atomic mass is 9.96. The van der Waals surface area contributed by atoms with Crippen LogP contribution in [0.4, 0.5) is 0 Å². The molecule has 1 fully saturated rings. The Labute approximate surface area is 103 Å². The third-order valence-electron chi connectivity index (χ3n) is 4.19. The van der Waals surface area contributed by atoms with Gasteiger partial charge in [0.2, 0.25) is 0 Å². The van der Waals surface area contributed by atoms with Crippen LogP contribution in [0.5, 0.6) is 0 Å². The highest BCUT2D eigenvalue weighted by Crippen LogP contribution is 2.28. The van der Waals surface area contributed by atoms with Gasteiger partial charge in [0.25, 0.3) is 0 Å². The third-order valence-corrected chi connectivity index (χ3v) is 4.19. The van der Waals surface area contributed by atoms with Crippen molar-refractivity contribution in [2.75, 3.05) is 13.1 Å². The van der Waals surface area contributed by atoms with E-state index >= 15 is 0 Å². The summed E-state index contributed by atoms with van der Waals surface area (Å²) < 4.78 is 2.33. The van der Waals surface area contributed by atoms with Gasteiger partial charge in [-0.2, -0.15) is 0 Å². The molecule has 2 aromatic rings. The van der Waals surface area contributed by atoms with Gasteiger partial charge in [-0.3, -0.25) is 0 Å². The summed E-state index contributed by atoms with van der Waals surface area (Å²) in [5, 5.41) is 4.90. The van der Waals surface area contributed by atoms with Crippen LogP contribution >= 0.6 is 0 Å². The molecule has 1 saturated heterocycles. The van der Waals surface area contributed by atoms with E-state index in [1.807, 2.05) is 0 Å². The topological polar surface area (TPSA) is 17.0 Å². The number of para-hydroxylation sites is 1. The molecule has 0 saturated carbocycles. The number of aryl methyl sites for hydroxylation is 1. The number of hydrogen-bond acceptors (Lipinski definition) is 1. The van der Waals surface area contributed by atoms with Crippen LogP contribution in [0, 0.1) is 12.8 Å². The quantitative estimate of drug-likeness (QED) is 0.836. The summed E-state index contributed by atoms with van der Waals surface area (Å²) in [6.45, 7) is 4.62. The molecule has 1 atom stereocenters. The average molecular weight is 228 g/mol. The zero-order valence-corrected chi connectivity index (χ0v) is 10.7. The lowest BCUT2D eigenvalue weighted by Gasteiger charge is -2.08. The van der Waals surface area contributed by atoms with Crippen LogP contribution < -0.4 is 5.32 Å². The van der Waals surface area contributed by atoms with E-state index in [1.54, 1.807) is 5.56 Å². The third kappa shape index (κ3) is 1.77. The zero-order valence-electron chi connectivity index (χ0n) is 10.7. The second-order valence-corrected chi connectivity index (χ2v) is 5.20. The lowest BCUT2D eigenvalue weighted by Crippen LogP contribution is -2.11. The van der Waals surface area contributed by atoms with Crippen molar-refractivity contribution in [1.29, 1.82) is 0 Å². The average Bonchev–Trinajstić information content (AvgIpc) is 2.94. The van der Waals surface area contributed by atoms with Gasteiger partial charge in [-0.1, -0.05) is 18.2 Å². The Morgan fingerprint density at radius 3 is 2.94 bits per heavy atom. The SMILES string of the molecule is Cc1c(CC2CCNC2)c2ccccc2n1C. The van der Waals surface area contributed by atoms with Crippen LogP contribution in [-0.4, -0.2) is 17.7 Å². The van der Waals surface area contributed by atoms with Gasteiger partial charge in [0.15, 0.2) is 0 Å². The molecule has 0 amide bonds. The molecule has 1 N–H and O–H groups in total. The fourth-order valence-corrected chi connectivity index (χ4v) is 3.03. The van der Waals surface area contributed by atoms with Gasteiger partial charge in [-0.25, -0.2) is 0 Å². The van der Waals surface area contributed by atoms with Gasteiger partial charge >= 0.3 is 0 Å². The van der Waals surface area contributed by atoms with E-state index in [4.69, 9.17) is 0 Å². The number of fused-ring (bicyclic) bond motifs is 1. The molecule has 1 aliphatic rings. The van der Waals surface area contributed by atoms with E-state index in [0.29, 0.717) is 0 Å². The molecule has 2 heteroatoms. The monoisotopic (exact) mass is 228 g/mol. The van der Waals surface area contributed by atoms with Crippen LogP contribution in [-0.2, 0) is 13.5 Å². The van der Waals surface area contributed by atoms with Crippen molar-refractivity contribution in [2.45, 2.75) is 19.8 Å². The van der Waals surface area contributed by atoms with E-state index in [0.717, 1.165) is 5.92 Å². The summed E-state index contributed by atoms with van der Waals surface area (Å²) in [6, 6.07) is 8.76. The van der Waals surface area contributed by atoms with Gasteiger partial charge in [0.1, 0.15) is 0 Å². The minimum absolute atomic E-state index is 0.819. The summed E-state index contributed by atoms with van der Waals surface area (Å²) in [5.41, 5.74) is 4.35. The standard InChI is InChI=1S/C15H20N2/c1-11-14(9-12-7-8-16-10-12)13-5-3-4-6-15(13)17(11)2/h3-6,12,16H,7-10H2,1-2H3. The normalized spacial score (nSPS) is 20.2. The number of benzene rings is 1. The fraction of sp³-hybridized carbons (Fsp3) is 0.467. The van der Waals surface area contributed by atoms with Gasteiger partial charge in [-0.15, -0.1) is 0 Å². The maximum absolute atomic E-state index is 3.46. The first-order valence-electron chi connectivity index (χ1n) is 6.51. The molecule has 2 heterocycles. The Morgan fingerprint density at radius 2 is 2.18 bits per heavy atom. The van der Waals surface area contributed by atoms with E-state index < -0.39 is 0 Å². The van der Waals surface area contributed by atoms with Gasteiger partial charge in [0.05, 0.1) is 0 Å². The molecule has 17 heavy (non-hydrogen) atoms. The predicted octanol–water partition coefficient (Wildman–Crippen LogP) is 2.64. The number of nitrogens with one attached hydrogen (secondary N) is 1. The second kappa shape index (κ2) is 4.19. The summed E-state index contributed by atoms with van der Waals surface area (Å²) >= 11 is 0. The molecule has 0 spiro atoms. The van der Waals surface area contributed by atoms with Crippen molar-refractivity contribution in [2.24, 2.45) is 13.0 Å². The van der Waals surface area contributed by atoms with Crippen molar-refractivity contribution >= 4 is 10.9 Å². The lowest BCUT2D eigenvalue weighted by molar-refractivity contribution is 0.579. The molecule has 1 aliphatic heterocycles. The van der Waals surface area contributed by atoms with Crippen LogP contribution in [0.15, 0.2) is 24.3 Å². The van der Waals surface area contributed by atoms with E-state index in [1.165, 1.54) is 42.5 Å². The Kier molecular flexibility index (Phi) is 2.67. The Hall–Kier alpha value is -1.28. The van der Waals surface area contributed by atoms with Gasteiger partial charge in [-0.05, 0) is 50.4 Å². The minimum Gasteiger partial charge on any atom is -0.348 e. The van der Waals surface area contributed by atoms with Crippen molar-refractivity contribution < 1.29 is 0 Å². The number of aromatic nitrogens is 1. The molecular weight excluding hydrogens is 208 g/mol. The predicted molar refractivity (Wildman–Crippen MR) is 72.3 cm³/mol. The van der Waals surface area contributed by atoms with Crippen LogP contribution in [0.25, 0.3) is 10.9 Å². The number of nitrogens with zero attached hydrogens (tertiary/aromatic N) is 1. The van der Waals surface area contributed by atoms with Crippen molar-refractivity contribution in [3.8, 4) is 0 Å². The van der Waals surface area contributed by atoms with E-state index in [2.05, 4.69) is 48.1 Å².